The Labute approximate surface area is 146 Å². The Balaban J connectivity index is 1.97. The fraction of sp³-hybridized carbons (Fsp3) is 0.125. The minimum absolute atomic E-state index is 0.120. The van der Waals surface area contributed by atoms with Gasteiger partial charge in [0.25, 0.3) is 11.6 Å². The molecule has 130 valence electrons. The number of amides is 1. The van der Waals surface area contributed by atoms with E-state index >= 15 is 0 Å². The van der Waals surface area contributed by atoms with E-state index in [2.05, 4.69) is 5.32 Å². The van der Waals surface area contributed by atoms with Gasteiger partial charge in [-0.3, -0.25) is 14.9 Å². The first-order valence-electron chi connectivity index (χ1n) is 6.95. The van der Waals surface area contributed by atoms with Crippen LogP contribution in [0.25, 0.3) is 0 Å². The number of halogens is 2. The highest BCUT2D eigenvalue weighted by Gasteiger charge is 2.18. The number of hydrogen-bond donors (Lipinski definition) is 1. The quantitative estimate of drug-likeness (QED) is 0.496. The van der Waals surface area contributed by atoms with Gasteiger partial charge in [0.1, 0.15) is 10.8 Å². The number of nitrogens with zero attached hydrogens (tertiary/aromatic N) is 1. The van der Waals surface area contributed by atoms with Crippen LogP contribution in [0.15, 0.2) is 36.4 Å². The van der Waals surface area contributed by atoms with Gasteiger partial charge in [0.15, 0.2) is 6.61 Å². The average Bonchev–Trinajstić information content (AvgIpc) is 2.56. The number of ether oxygens (including phenoxy) is 1. The van der Waals surface area contributed by atoms with Gasteiger partial charge in [-0.2, -0.15) is 0 Å². The zero-order chi connectivity index (χ0) is 18.6. The number of benzene rings is 2. The molecule has 25 heavy (non-hydrogen) atoms. The number of nitrogens with one attached hydrogen (secondary N) is 1. The molecule has 2 rings (SSSR count). The number of carbonyl (C=O) groups is 2. The SMILES string of the molecule is Cc1ccc(NC(=O)COC(=O)c2ccc(Cl)c([N+](=O)[O-])c2)cc1F. The van der Waals surface area contributed by atoms with Crippen molar-refractivity contribution in [3.8, 4) is 0 Å². The lowest BCUT2D eigenvalue weighted by Gasteiger charge is -2.07. The third kappa shape index (κ3) is 4.74. The molecule has 0 aliphatic rings. The summed E-state index contributed by atoms with van der Waals surface area (Å²) in [5.41, 5.74) is 0.0704. The predicted molar refractivity (Wildman–Crippen MR) is 88.2 cm³/mol. The maximum absolute atomic E-state index is 13.4. The zero-order valence-corrected chi connectivity index (χ0v) is 13.7. The van der Waals surface area contributed by atoms with Gasteiger partial charge in [-0.25, -0.2) is 9.18 Å². The molecule has 0 spiro atoms. The molecule has 0 saturated carbocycles. The topological polar surface area (TPSA) is 98.5 Å². The molecule has 0 radical (unpaired) electrons. The molecule has 2 aromatic rings. The Bertz CT molecular complexity index is 856. The molecule has 0 unspecified atom stereocenters. The highest BCUT2D eigenvalue weighted by molar-refractivity contribution is 6.32. The van der Waals surface area contributed by atoms with Crippen LogP contribution in [-0.4, -0.2) is 23.4 Å². The summed E-state index contributed by atoms with van der Waals surface area (Å²) in [5, 5.41) is 13.0. The fourth-order valence-electron chi connectivity index (χ4n) is 1.86. The van der Waals surface area contributed by atoms with Crippen LogP contribution in [0.4, 0.5) is 15.8 Å². The van der Waals surface area contributed by atoms with E-state index in [0.717, 1.165) is 12.1 Å². The highest BCUT2D eigenvalue weighted by Crippen LogP contribution is 2.25. The Hall–Kier alpha value is -3.00. The largest absolute Gasteiger partial charge is 0.452 e. The van der Waals surface area contributed by atoms with Crippen molar-refractivity contribution in [3.63, 3.8) is 0 Å². The van der Waals surface area contributed by atoms with Crippen LogP contribution in [-0.2, 0) is 9.53 Å². The molecule has 0 fully saturated rings. The monoisotopic (exact) mass is 366 g/mol. The molecule has 0 aromatic heterocycles. The van der Waals surface area contributed by atoms with Crippen molar-refractivity contribution >= 4 is 34.9 Å². The molecule has 9 heteroatoms. The van der Waals surface area contributed by atoms with E-state index in [1.165, 1.54) is 24.3 Å². The number of anilines is 1. The molecule has 1 N–H and O–H groups in total. The second kappa shape index (κ2) is 7.71. The number of hydrogen-bond acceptors (Lipinski definition) is 5. The van der Waals surface area contributed by atoms with Crippen LogP contribution in [0.1, 0.15) is 15.9 Å². The number of aryl methyl sites for hydroxylation is 1. The summed E-state index contributed by atoms with van der Waals surface area (Å²) in [6, 6.07) is 7.51. The van der Waals surface area contributed by atoms with Crippen LogP contribution in [0.3, 0.4) is 0 Å². The number of esters is 1. The number of carbonyl (C=O) groups excluding carboxylic acids is 2. The summed E-state index contributed by atoms with van der Waals surface area (Å²) in [6.45, 7) is 0.943. The summed E-state index contributed by atoms with van der Waals surface area (Å²) in [7, 11) is 0. The molecule has 0 aliphatic carbocycles. The van der Waals surface area contributed by atoms with Crippen molar-refractivity contribution in [1.82, 2.24) is 0 Å². The van der Waals surface area contributed by atoms with Crippen LogP contribution >= 0.6 is 11.6 Å². The highest BCUT2D eigenvalue weighted by atomic mass is 35.5. The summed E-state index contributed by atoms with van der Waals surface area (Å²) < 4.78 is 18.2. The van der Waals surface area contributed by atoms with Gasteiger partial charge in [-0.05, 0) is 36.8 Å². The van der Waals surface area contributed by atoms with Crippen molar-refractivity contribution < 1.29 is 23.6 Å². The molecule has 0 bridgehead atoms. The third-order valence-corrected chi connectivity index (χ3v) is 3.49. The van der Waals surface area contributed by atoms with Gasteiger partial charge >= 0.3 is 5.97 Å². The summed E-state index contributed by atoms with van der Waals surface area (Å²) in [4.78, 5) is 33.6. The lowest BCUT2D eigenvalue weighted by molar-refractivity contribution is -0.384. The van der Waals surface area contributed by atoms with E-state index < -0.39 is 34.9 Å². The molecule has 0 heterocycles. The van der Waals surface area contributed by atoms with Crippen molar-refractivity contribution in [3.05, 3.63) is 68.5 Å². The van der Waals surface area contributed by atoms with Crippen molar-refractivity contribution in [2.24, 2.45) is 0 Å². The minimum Gasteiger partial charge on any atom is -0.452 e. The third-order valence-electron chi connectivity index (χ3n) is 3.17. The summed E-state index contributed by atoms with van der Waals surface area (Å²) in [5.74, 6) is -2.09. The average molecular weight is 367 g/mol. The summed E-state index contributed by atoms with van der Waals surface area (Å²) >= 11 is 5.65. The first-order valence-corrected chi connectivity index (χ1v) is 7.33. The lowest BCUT2D eigenvalue weighted by atomic mass is 10.2. The molecule has 2 aromatic carbocycles. The van der Waals surface area contributed by atoms with Crippen LogP contribution in [0.2, 0.25) is 5.02 Å². The Morgan fingerprint density at radius 1 is 1.28 bits per heavy atom. The van der Waals surface area contributed by atoms with E-state index in [9.17, 15) is 24.1 Å². The Morgan fingerprint density at radius 2 is 2.00 bits per heavy atom. The van der Waals surface area contributed by atoms with Crippen molar-refractivity contribution in [1.29, 1.82) is 0 Å². The van der Waals surface area contributed by atoms with Gasteiger partial charge in [0.2, 0.25) is 0 Å². The summed E-state index contributed by atoms with van der Waals surface area (Å²) in [6.07, 6.45) is 0. The minimum atomic E-state index is -0.926. The fourth-order valence-corrected chi connectivity index (χ4v) is 2.05. The molecular formula is C16H12ClFN2O5. The normalized spacial score (nSPS) is 10.2. The molecule has 0 saturated heterocycles. The molecular weight excluding hydrogens is 355 g/mol. The first-order chi connectivity index (χ1) is 11.8. The van der Waals surface area contributed by atoms with Crippen molar-refractivity contribution in [2.75, 3.05) is 11.9 Å². The maximum atomic E-state index is 13.4. The van der Waals surface area contributed by atoms with Gasteiger partial charge in [0.05, 0.1) is 10.5 Å². The predicted octanol–water partition coefficient (Wildman–Crippen LogP) is 3.49. The van der Waals surface area contributed by atoms with E-state index in [1.807, 2.05) is 0 Å². The number of nitro groups is 1. The molecule has 0 atom stereocenters. The van der Waals surface area contributed by atoms with E-state index in [1.54, 1.807) is 6.92 Å². The molecule has 1 amide bonds. The van der Waals surface area contributed by atoms with Gasteiger partial charge in [0, 0.05) is 11.8 Å². The Morgan fingerprint density at radius 3 is 2.64 bits per heavy atom. The van der Waals surface area contributed by atoms with E-state index in [-0.39, 0.29) is 16.3 Å². The second-order valence-corrected chi connectivity index (χ2v) is 5.42. The second-order valence-electron chi connectivity index (χ2n) is 5.01. The van der Waals surface area contributed by atoms with Crippen molar-refractivity contribution in [2.45, 2.75) is 6.92 Å². The molecule has 7 nitrogen and oxygen atoms in total. The molecule has 0 aliphatic heterocycles. The smallest absolute Gasteiger partial charge is 0.338 e. The van der Waals surface area contributed by atoms with Gasteiger partial charge < -0.3 is 10.1 Å². The standard InChI is InChI=1S/C16H12ClFN2O5/c1-9-2-4-11(7-13(9)18)19-15(21)8-25-16(22)10-3-5-12(17)14(6-10)20(23)24/h2-7H,8H2,1H3,(H,19,21). The number of rotatable bonds is 5. The zero-order valence-electron chi connectivity index (χ0n) is 12.9. The first kappa shape index (κ1) is 18.3. The van der Waals surface area contributed by atoms with Crippen LogP contribution in [0.5, 0.6) is 0 Å². The maximum Gasteiger partial charge on any atom is 0.338 e. The van der Waals surface area contributed by atoms with Gasteiger partial charge in [-0.15, -0.1) is 0 Å². The van der Waals surface area contributed by atoms with Crippen LogP contribution in [0, 0.1) is 22.9 Å². The van der Waals surface area contributed by atoms with E-state index in [0.29, 0.717) is 5.56 Å². The van der Waals surface area contributed by atoms with E-state index in [4.69, 9.17) is 16.3 Å². The van der Waals surface area contributed by atoms with Gasteiger partial charge in [-0.1, -0.05) is 17.7 Å². The number of nitro benzene ring substituents is 1. The lowest BCUT2D eigenvalue weighted by Crippen LogP contribution is -2.21. The Kier molecular flexibility index (Phi) is 5.66. The van der Waals surface area contributed by atoms with Crippen LogP contribution < -0.4 is 5.32 Å².